The summed E-state index contributed by atoms with van der Waals surface area (Å²) in [5.41, 5.74) is 0.342. The van der Waals surface area contributed by atoms with Gasteiger partial charge in [-0.05, 0) is 18.2 Å². The molecule has 0 unspecified atom stereocenters. The van der Waals surface area contributed by atoms with E-state index < -0.39 is 30.1 Å². The predicted molar refractivity (Wildman–Crippen MR) is 109 cm³/mol. The molecule has 0 aliphatic heterocycles. The van der Waals surface area contributed by atoms with E-state index in [1.165, 1.54) is 54.6 Å². The van der Waals surface area contributed by atoms with Crippen LogP contribution in [0.4, 0.5) is 0 Å². The number of sulfonamides is 3. The van der Waals surface area contributed by atoms with Gasteiger partial charge in [-0.2, -0.15) is 0 Å². The highest BCUT2D eigenvalue weighted by Gasteiger charge is 2.26. The van der Waals surface area contributed by atoms with E-state index in [-0.39, 0.29) is 35.6 Å². The van der Waals surface area contributed by atoms with Gasteiger partial charge in [-0.1, -0.05) is 36.4 Å². The van der Waals surface area contributed by atoms with E-state index in [1.54, 1.807) is 0 Å². The summed E-state index contributed by atoms with van der Waals surface area (Å²) < 4.78 is 71.7. The molecule has 0 spiro atoms. The minimum absolute atomic E-state index is 0.0976. The maximum absolute atomic E-state index is 12.0. The summed E-state index contributed by atoms with van der Waals surface area (Å²) in [5.74, 6) is 0. The molecule has 1 aromatic heterocycles. The molecular formula is C16H15N3O6S4. The van der Waals surface area contributed by atoms with Gasteiger partial charge < -0.3 is 0 Å². The molecule has 0 bridgehead atoms. The predicted octanol–water partition coefficient (Wildman–Crippen LogP) is 1.02. The van der Waals surface area contributed by atoms with Gasteiger partial charge in [0.2, 0.25) is 30.1 Å². The van der Waals surface area contributed by atoms with Crippen molar-refractivity contribution in [3.63, 3.8) is 0 Å². The molecule has 3 aromatic rings. The molecule has 9 nitrogen and oxygen atoms in total. The molecule has 29 heavy (non-hydrogen) atoms. The highest BCUT2D eigenvalue weighted by molar-refractivity contribution is 7.91. The van der Waals surface area contributed by atoms with Crippen LogP contribution in [0.3, 0.4) is 0 Å². The molecule has 0 atom stereocenters. The lowest BCUT2D eigenvalue weighted by Gasteiger charge is -2.11. The van der Waals surface area contributed by atoms with Crippen LogP contribution >= 0.6 is 11.3 Å². The molecule has 13 heteroatoms. The first kappa shape index (κ1) is 21.6. The van der Waals surface area contributed by atoms with Crippen LogP contribution in [0.25, 0.3) is 21.6 Å². The second-order valence-corrected chi connectivity index (χ2v) is 11.8. The van der Waals surface area contributed by atoms with Crippen molar-refractivity contribution in [2.75, 3.05) is 0 Å². The Morgan fingerprint density at radius 2 is 1.03 bits per heavy atom. The van der Waals surface area contributed by atoms with Gasteiger partial charge >= 0.3 is 0 Å². The third-order valence-electron chi connectivity index (χ3n) is 3.91. The van der Waals surface area contributed by atoms with E-state index in [0.717, 1.165) is 0 Å². The molecule has 0 amide bonds. The molecule has 0 radical (unpaired) electrons. The van der Waals surface area contributed by atoms with E-state index in [0.29, 0.717) is 11.3 Å². The van der Waals surface area contributed by atoms with E-state index in [2.05, 4.69) is 0 Å². The Kier molecular flexibility index (Phi) is 5.42. The van der Waals surface area contributed by atoms with E-state index in [4.69, 9.17) is 15.4 Å². The highest BCUT2D eigenvalue weighted by Crippen LogP contribution is 2.44. The SMILES string of the molecule is NS(=O)(=O)c1cc(-c2ccccc2S(N)(=O)=O)c(-c2ccccc2S(N)(=O)=O)s1. The number of rotatable bonds is 5. The molecule has 3 rings (SSSR count). The molecule has 0 saturated carbocycles. The molecule has 2 aromatic carbocycles. The third kappa shape index (κ3) is 4.40. The minimum Gasteiger partial charge on any atom is -0.225 e. The van der Waals surface area contributed by atoms with Crippen molar-refractivity contribution in [3.8, 4) is 21.6 Å². The van der Waals surface area contributed by atoms with Gasteiger partial charge in [-0.3, -0.25) is 0 Å². The lowest BCUT2D eigenvalue weighted by atomic mass is 10.0. The standard InChI is InChI=1S/C16H15N3O6S4/c17-27(20,21)13-7-3-1-5-10(13)12-9-15(29(19,24)25)26-16(12)11-6-2-4-8-14(11)28(18,22)23/h1-9H,(H2,17,20,21)(H2,18,22,23)(H2,19,24,25). The molecule has 0 aliphatic rings. The number of benzene rings is 2. The van der Waals surface area contributed by atoms with Crippen LogP contribution < -0.4 is 15.4 Å². The summed E-state index contributed by atoms with van der Waals surface area (Å²) in [6, 6.07) is 12.5. The molecule has 154 valence electrons. The second-order valence-electron chi connectivity index (χ2n) is 5.94. The van der Waals surface area contributed by atoms with Gasteiger partial charge in [0.25, 0.3) is 0 Å². The minimum atomic E-state index is -4.16. The summed E-state index contributed by atoms with van der Waals surface area (Å²) in [7, 11) is -12.5. The monoisotopic (exact) mass is 473 g/mol. The van der Waals surface area contributed by atoms with Gasteiger partial charge in [0.15, 0.2) is 0 Å². The van der Waals surface area contributed by atoms with E-state index in [9.17, 15) is 25.3 Å². The Balaban J connectivity index is 2.46. The van der Waals surface area contributed by atoms with Crippen LogP contribution in [0.5, 0.6) is 0 Å². The Morgan fingerprint density at radius 1 is 0.586 bits per heavy atom. The van der Waals surface area contributed by atoms with E-state index in [1.807, 2.05) is 0 Å². The maximum Gasteiger partial charge on any atom is 0.247 e. The molecule has 6 N–H and O–H groups in total. The van der Waals surface area contributed by atoms with Crippen LogP contribution in [-0.4, -0.2) is 25.3 Å². The number of hydrogen-bond donors (Lipinski definition) is 3. The molecule has 0 aliphatic carbocycles. The maximum atomic E-state index is 12.0. The smallest absolute Gasteiger partial charge is 0.225 e. The van der Waals surface area contributed by atoms with Gasteiger partial charge in [0, 0.05) is 21.6 Å². The average molecular weight is 474 g/mol. The lowest BCUT2D eigenvalue weighted by molar-refractivity contribution is 0.596. The van der Waals surface area contributed by atoms with Gasteiger partial charge in [0.1, 0.15) is 4.21 Å². The summed E-state index contributed by atoms with van der Waals surface area (Å²) in [5, 5.41) is 15.8. The van der Waals surface area contributed by atoms with Gasteiger partial charge in [-0.25, -0.2) is 40.7 Å². The first-order valence-corrected chi connectivity index (χ1v) is 13.2. The third-order valence-corrected chi connectivity index (χ3v) is 8.44. The lowest BCUT2D eigenvalue weighted by Crippen LogP contribution is -2.14. The largest absolute Gasteiger partial charge is 0.247 e. The van der Waals surface area contributed by atoms with E-state index >= 15 is 0 Å². The zero-order valence-corrected chi connectivity index (χ0v) is 17.8. The van der Waals surface area contributed by atoms with Gasteiger partial charge in [-0.15, -0.1) is 11.3 Å². The van der Waals surface area contributed by atoms with Crippen LogP contribution in [0.15, 0.2) is 68.6 Å². The fraction of sp³-hybridized carbons (Fsp3) is 0. The quantitative estimate of drug-likeness (QED) is 0.497. The second kappa shape index (κ2) is 7.28. The fourth-order valence-corrected chi connectivity index (χ4v) is 6.25. The van der Waals surface area contributed by atoms with Crippen molar-refractivity contribution < 1.29 is 25.3 Å². The first-order valence-electron chi connectivity index (χ1n) is 7.71. The van der Waals surface area contributed by atoms with Crippen LogP contribution in [0.2, 0.25) is 0 Å². The van der Waals surface area contributed by atoms with Crippen molar-refractivity contribution in [2.24, 2.45) is 15.4 Å². The van der Waals surface area contributed by atoms with Crippen molar-refractivity contribution in [1.82, 2.24) is 0 Å². The number of thiophene rings is 1. The summed E-state index contributed by atoms with van der Waals surface area (Å²) >= 11 is 0.695. The van der Waals surface area contributed by atoms with Crippen LogP contribution in [-0.2, 0) is 30.1 Å². The highest BCUT2D eigenvalue weighted by atomic mass is 32.2. The average Bonchev–Trinajstić information content (AvgIpc) is 3.06. The molecular weight excluding hydrogens is 458 g/mol. The number of hydrogen-bond acceptors (Lipinski definition) is 7. The van der Waals surface area contributed by atoms with Crippen LogP contribution in [0, 0.1) is 0 Å². The van der Waals surface area contributed by atoms with Gasteiger partial charge in [0.05, 0.1) is 9.79 Å². The summed E-state index contributed by atoms with van der Waals surface area (Å²) in [6.07, 6.45) is 0. The Hall–Kier alpha value is -2.13. The molecule has 1 heterocycles. The Labute approximate surface area is 171 Å². The van der Waals surface area contributed by atoms with Crippen LogP contribution in [0.1, 0.15) is 0 Å². The van der Waals surface area contributed by atoms with Crippen molar-refractivity contribution in [3.05, 3.63) is 54.6 Å². The number of primary sulfonamides is 3. The zero-order valence-electron chi connectivity index (χ0n) is 14.5. The summed E-state index contributed by atoms with van der Waals surface area (Å²) in [6.45, 7) is 0. The zero-order chi connectivity index (χ0) is 21.6. The summed E-state index contributed by atoms with van der Waals surface area (Å²) in [4.78, 5) is -0.347. The Morgan fingerprint density at radius 3 is 1.52 bits per heavy atom. The molecule has 0 saturated heterocycles. The Bertz CT molecular complexity index is 1330. The topological polar surface area (TPSA) is 180 Å². The normalized spacial score (nSPS) is 12.8. The van der Waals surface area contributed by atoms with Crippen molar-refractivity contribution in [1.29, 1.82) is 0 Å². The number of nitrogens with two attached hydrogens (primary N) is 3. The first-order chi connectivity index (χ1) is 13.3. The van der Waals surface area contributed by atoms with Crippen molar-refractivity contribution in [2.45, 2.75) is 14.0 Å². The molecule has 0 fully saturated rings. The fourth-order valence-electron chi connectivity index (χ4n) is 2.75. The van der Waals surface area contributed by atoms with Crippen molar-refractivity contribution >= 4 is 41.4 Å².